The molecule has 1 aliphatic heterocycles. The Morgan fingerprint density at radius 2 is 2.33 bits per heavy atom. The minimum atomic E-state index is -1.03. The molecule has 1 N–H and O–H groups in total. The third-order valence-corrected chi connectivity index (χ3v) is 2.68. The Morgan fingerprint density at radius 3 is 3.00 bits per heavy atom. The Kier molecular flexibility index (Phi) is 3.32. The summed E-state index contributed by atoms with van der Waals surface area (Å²) in [6.45, 7) is 4.23. The van der Waals surface area contributed by atoms with E-state index in [-0.39, 0.29) is 17.9 Å². The van der Waals surface area contributed by atoms with Gasteiger partial charge in [-0.05, 0) is 18.2 Å². The fraction of sp³-hybridized carbons (Fsp3) is 0.231. The lowest BCUT2D eigenvalue weighted by atomic mass is 10.1. The summed E-state index contributed by atoms with van der Waals surface area (Å²) in [6.07, 6.45) is 1.87. The van der Waals surface area contributed by atoms with Gasteiger partial charge in [0.05, 0.1) is 24.3 Å². The summed E-state index contributed by atoms with van der Waals surface area (Å²) in [4.78, 5) is 24.3. The minimum Gasteiger partial charge on any atom is -0.491 e. The van der Waals surface area contributed by atoms with Gasteiger partial charge in [-0.3, -0.25) is 4.79 Å². The highest BCUT2D eigenvalue weighted by Gasteiger charge is 2.23. The largest absolute Gasteiger partial charge is 0.491 e. The van der Waals surface area contributed by atoms with Crippen molar-refractivity contribution in [2.24, 2.45) is 0 Å². The number of fused-ring (bicyclic) bond motifs is 1. The van der Waals surface area contributed by atoms with Crippen molar-refractivity contribution < 1.29 is 19.4 Å². The number of carboxylic acid groups (broad SMARTS) is 1. The Morgan fingerprint density at radius 1 is 1.56 bits per heavy atom. The summed E-state index contributed by atoms with van der Waals surface area (Å²) in [5, 5.41) is 8.97. The highest BCUT2D eigenvalue weighted by Crippen LogP contribution is 2.32. The molecule has 0 fully saturated rings. The van der Waals surface area contributed by atoms with Gasteiger partial charge in [0.1, 0.15) is 5.75 Å². The first-order chi connectivity index (χ1) is 8.63. The van der Waals surface area contributed by atoms with Crippen LogP contribution in [0.25, 0.3) is 0 Å². The molecule has 0 spiro atoms. The molecule has 5 heteroatoms. The van der Waals surface area contributed by atoms with Crippen LogP contribution in [0.5, 0.6) is 5.75 Å². The second-order valence-electron chi connectivity index (χ2n) is 3.88. The first kappa shape index (κ1) is 12.2. The van der Waals surface area contributed by atoms with E-state index in [9.17, 15) is 9.59 Å². The van der Waals surface area contributed by atoms with E-state index in [1.165, 1.54) is 17.0 Å². The molecule has 0 unspecified atom stereocenters. The highest BCUT2D eigenvalue weighted by atomic mass is 16.5. The molecule has 0 radical (unpaired) electrons. The molecule has 1 aromatic rings. The SMILES string of the molecule is C=CCN1C(=O)CCOc2ccc(C(=O)O)cc21. The minimum absolute atomic E-state index is 0.101. The number of carbonyl (C=O) groups excluding carboxylic acids is 1. The zero-order valence-corrected chi connectivity index (χ0v) is 9.76. The third-order valence-electron chi connectivity index (χ3n) is 2.68. The maximum absolute atomic E-state index is 11.9. The number of carboxylic acids is 1. The van der Waals surface area contributed by atoms with Crippen LogP contribution in [-0.4, -0.2) is 30.1 Å². The summed E-state index contributed by atoms with van der Waals surface area (Å²) in [5.74, 6) is -0.614. The number of anilines is 1. The molecular formula is C13H13NO4. The monoisotopic (exact) mass is 247 g/mol. The molecule has 1 amide bonds. The molecule has 0 saturated carbocycles. The predicted octanol–water partition coefficient (Wildman–Crippen LogP) is 1.69. The molecular weight excluding hydrogens is 234 g/mol. The van der Waals surface area contributed by atoms with Gasteiger partial charge in [-0.1, -0.05) is 6.08 Å². The number of hydrogen-bond acceptors (Lipinski definition) is 3. The van der Waals surface area contributed by atoms with Crippen LogP contribution >= 0.6 is 0 Å². The number of carbonyl (C=O) groups is 2. The molecule has 1 aromatic carbocycles. The van der Waals surface area contributed by atoms with Crippen molar-refractivity contribution in [3.05, 3.63) is 36.4 Å². The molecule has 1 aliphatic rings. The summed E-state index contributed by atoms with van der Waals surface area (Å²) in [7, 11) is 0. The molecule has 94 valence electrons. The molecule has 0 aliphatic carbocycles. The second-order valence-corrected chi connectivity index (χ2v) is 3.88. The van der Waals surface area contributed by atoms with Crippen molar-refractivity contribution in [2.45, 2.75) is 6.42 Å². The van der Waals surface area contributed by atoms with E-state index >= 15 is 0 Å². The summed E-state index contributed by atoms with van der Waals surface area (Å²) < 4.78 is 5.44. The van der Waals surface area contributed by atoms with Crippen LogP contribution < -0.4 is 9.64 Å². The molecule has 2 rings (SSSR count). The normalized spacial score (nSPS) is 14.4. The van der Waals surface area contributed by atoms with Crippen LogP contribution in [0.15, 0.2) is 30.9 Å². The number of nitrogens with zero attached hydrogens (tertiary/aromatic N) is 1. The first-order valence-corrected chi connectivity index (χ1v) is 5.55. The maximum Gasteiger partial charge on any atom is 0.335 e. The van der Waals surface area contributed by atoms with E-state index in [4.69, 9.17) is 9.84 Å². The van der Waals surface area contributed by atoms with E-state index in [0.717, 1.165) is 0 Å². The van der Waals surface area contributed by atoms with E-state index in [1.807, 2.05) is 0 Å². The molecule has 0 aromatic heterocycles. The van der Waals surface area contributed by atoms with Crippen molar-refractivity contribution in [1.29, 1.82) is 0 Å². The van der Waals surface area contributed by atoms with Gasteiger partial charge in [0.2, 0.25) is 5.91 Å². The average molecular weight is 247 g/mol. The van der Waals surface area contributed by atoms with Gasteiger partial charge >= 0.3 is 5.97 Å². The molecule has 0 bridgehead atoms. The lowest BCUT2D eigenvalue weighted by Gasteiger charge is -2.20. The zero-order valence-electron chi connectivity index (χ0n) is 9.76. The number of ether oxygens (including phenoxy) is 1. The van der Waals surface area contributed by atoms with Crippen molar-refractivity contribution in [3.63, 3.8) is 0 Å². The first-order valence-electron chi connectivity index (χ1n) is 5.55. The standard InChI is InChI=1S/C13H13NO4/c1-2-6-14-10-8-9(13(16)17)3-4-11(10)18-7-5-12(14)15/h2-4,8H,1,5-7H2,(H,16,17). The molecule has 5 nitrogen and oxygen atoms in total. The number of aromatic carboxylic acids is 1. The summed E-state index contributed by atoms with van der Waals surface area (Å²) in [6, 6.07) is 4.49. The van der Waals surface area contributed by atoms with Gasteiger partial charge in [-0.2, -0.15) is 0 Å². The quantitative estimate of drug-likeness (QED) is 0.825. The van der Waals surface area contributed by atoms with Gasteiger partial charge in [0.25, 0.3) is 0 Å². The third kappa shape index (κ3) is 2.20. The second kappa shape index (κ2) is 4.91. The lowest BCUT2D eigenvalue weighted by molar-refractivity contribution is -0.118. The number of rotatable bonds is 3. The Balaban J connectivity index is 2.50. The van der Waals surface area contributed by atoms with Gasteiger partial charge in [0.15, 0.2) is 0 Å². The van der Waals surface area contributed by atoms with E-state index in [2.05, 4.69) is 6.58 Å². The van der Waals surface area contributed by atoms with Crippen molar-refractivity contribution >= 4 is 17.6 Å². The number of benzene rings is 1. The smallest absolute Gasteiger partial charge is 0.335 e. The fourth-order valence-electron chi connectivity index (χ4n) is 1.83. The predicted molar refractivity (Wildman–Crippen MR) is 66.1 cm³/mol. The Hall–Kier alpha value is -2.30. The maximum atomic E-state index is 11.9. The van der Waals surface area contributed by atoms with Crippen LogP contribution in [0.2, 0.25) is 0 Å². The fourth-order valence-corrected chi connectivity index (χ4v) is 1.83. The molecule has 1 heterocycles. The summed E-state index contributed by atoms with van der Waals surface area (Å²) >= 11 is 0. The van der Waals surface area contributed by atoms with Crippen molar-refractivity contribution in [2.75, 3.05) is 18.1 Å². The number of amides is 1. The van der Waals surface area contributed by atoms with Crippen molar-refractivity contribution in [3.8, 4) is 5.75 Å². The van der Waals surface area contributed by atoms with Gasteiger partial charge in [-0.15, -0.1) is 6.58 Å². The van der Waals surface area contributed by atoms with E-state index in [1.54, 1.807) is 12.1 Å². The topological polar surface area (TPSA) is 66.8 Å². The van der Waals surface area contributed by atoms with Crippen LogP contribution in [0.1, 0.15) is 16.8 Å². The van der Waals surface area contributed by atoms with Gasteiger partial charge in [-0.25, -0.2) is 4.79 Å². The van der Waals surface area contributed by atoms with Crippen molar-refractivity contribution in [1.82, 2.24) is 0 Å². The molecule has 18 heavy (non-hydrogen) atoms. The van der Waals surface area contributed by atoms with Crippen LogP contribution in [0, 0.1) is 0 Å². The van der Waals surface area contributed by atoms with Gasteiger partial charge < -0.3 is 14.7 Å². The number of hydrogen-bond donors (Lipinski definition) is 1. The average Bonchev–Trinajstić information content (AvgIpc) is 2.50. The molecule has 0 atom stereocenters. The van der Waals surface area contributed by atoms with E-state index < -0.39 is 5.97 Å². The van der Waals surface area contributed by atoms with Gasteiger partial charge in [0, 0.05) is 6.54 Å². The van der Waals surface area contributed by atoms with Crippen LogP contribution in [0.3, 0.4) is 0 Å². The highest BCUT2D eigenvalue weighted by molar-refractivity contribution is 5.98. The Labute approximate surface area is 104 Å². The van der Waals surface area contributed by atoms with Crippen LogP contribution in [-0.2, 0) is 4.79 Å². The van der Waals surface area contributed by atoms with E-state index in [0.29, 0.717) is 24.6 Å². The Bertz CT molecular complexity index is 510. The lowest BCUT2D eigenvalue weighted by Crippen LogP contribution is -2.30. The summed E-state index contributed by atoms with van der Waals surface area (Å²) in [5.41, 5.74) is 0.610. The zero-order chi connectivity index (χ0) is 13.1. The van der Waals surface area contributed by atoms with Crippen LogP contribution in [0.4, 0.5) is 5.69 Å². The molecule has 0 saturated heterocycles.